The van der Waals surface area contributed by atoms with Gasteiger partial charge in [0, 0.05) is 62.0 Å². The van der Waals surface area contributed by atoms with Crippen LogP contribution in [0.15, 0.2) is 248 Å². The molecule has 2 aliphatic rings. The van der Waals surface area contributed by atoms with Crippen molar-refractivity contribution in [2.45, 2.75) is 35.1 Å². The number of piperazine rings is 1. The second-order valence-corrected chi connectivity index (χ2v) is 32.0. The lowest BCUT2D eigenvalue weighted by Crippen LogP contribution is -2.50. The van der Waals surface area contributed by atoms with Crippen LogP contribution in [0.5, 0.6) is 0 Å². The highest BCUT2D eigenvalue weighted by Gasteiger charge is 2.42. The molecule has 0 radical (unpaired) electrons. The molecule has 3 N–H and O–H groups in total. The summed E-state index contributed by atoms with van der Waals surface area (Å²) in [5.74, 6) is -2.06. The molecule has 96 heavy (non-hydrogen) atoms. The van der Waals surface area contributed by atoms with E-state index in [1.54, 1.807) is 115 Å². The first kappa shape index (κ1) is 64.9. The van der Waals surface area contributed by atoms with Crippen molar-refractivity contribution in [3.05, 3.63) is 282 Å². The van der Waals surface area contributed by atoms with E-state index in [0.717, 1.165) is 43.1 Å². The van der Waals surface area contributed by atoms with Gasteiger partial charge in [0.15, 0.2) is 11.6 Å². The van der Waals surface area contributed by atoms with Crippen LogP contribution in [0.4, 0.5) is 0 Å². The summed E-state index contributed by atoms with van der Waals surface area (Å²) in [5.41, 5.74) is -0.770. The number of benzene rings is 12. The van der Waals surface area contributed by atoms with Crippen molar-refractivity contribution in [3.8, 4) is 0 Å². The Kier molecular flexibility index (Phi) is 18.1. The number of nitrogens with one attached hydrogen (secondary N) is 1. The standard InChI is InChI=1S/C41H37N2O4P.C37H31N2O7PS/c1-48(2,47)39(35-17-9-15-28-11-7-8-16-34(28)35)38(44)36-25-30-13-5-6-14-31(30)26-37(36)41(46)43-22-20-33(21-23-43)42-40(45)32-19-18-27-10-3-4-12-29(27)24-32;40-35(36(47(42,43)44)32-15-7-13-26-9-5-6-14-31(26)32)33-23-28-11-3-4-12-29(28)24-34(33)37(41)38-18-20-39(21-19-38)48(45,46)30-17-16-25-8-1-2-10-27(25)22-30/h3-19,24-26,33,39H,20-23H2,1-2H3,(H,42,45);1-17,22-24,36H,18-21H2,(H2,42,43,44). The fraction of sp³-hybridized carbons (Fsp3) is 0.167. The number of Topliss-reactive ketones (excluding diaryl/α,β-unsaturated/α-hetero) is 2. The SMILES string of the molecule is CP(C)(=O)C(C(=O)c1cc2ccccc2cc1C(=O)N1CCC(NC(=O)c2ccc3ccccc3c2)CC1)c1cccc2ccccc12.O=C(c1cc2ccccc2cc1C(=O)N1CCN(S(=O)(=O)c2ccc3ccccc3c2)CC1)C(c1cccc2ccccc12)P(=O)(O)O. The molecular weight excluding hydrogens is 1260 g/mol. The van der Waals surface area contributed by atoms with Gasteiger partial charge in [0.25, 0.3) is 17.7 Å². The maximum Gasteiger partial charge on any atom is 0.340 e. The van der Waals surface area contributed by atoms with Crippen molar-refractivity contribution in [1.29, 1.82) is 0 Å². The van der Waals surface area contributed by atoms with Crippen LogP contribution < -0.4 is 5.32 Å². The molecular formula is C78H68N4O11P2S. The molecule has 2 saturated heterocycles. The minimum absolute atomic E-state index is 0.00298. The van der Waals surface area contributed by atoms with E-state index in [9.17, 15) is 51.3 Å². The summed E-state index contributed by atoms with van der Waals surface area (Å²) in [6, 6.07) is 73.1. The molecule has 18 heteroatoms. The summed E-state index contributed by atoms with van der Waals surface area (Å²) < 4.78 is 55.5. The van der Waals surface area contributed by atoms with Gasteiger partial charge in [-0.3, -0.25) is 28.5 Å². The number of ketones is 2. The van der Waals surface area contributed by atoms with E-state index in [4.69, 9.17) is 0 Å². The van der Waals surface area contributed by atoms with Crippen LogP contribution in [-0.4, -0.2) is 120 Å². The first-order valence-corrected chi connectivity index (χ1v) is 37.6. The zero-order valence-electron chi connectivity index (χ0n) is 52.7. The molecule has 482 valence electrons. The van der Waals surface area contributed by atoms with Gasteiger partial charge in [-0.05, 0) is 150 Å². The normalized spacial score (nSPS) is 14.9. The van der Waals surface area contributed by atoms with Gasteiger partial charge in [0.1, 0.15) is 11.3 Å². The van der Waals surface area contributed by atoms with Crippen molar-refractivity contribution in [2.24, 2.45) is 0 Å². The Morgan fingerprint density at radius 2 is 0.792 bits per heavy atom. The van der Waals surface area contributed by atoms with Crippen LogP contribution in [0.3, 0.4) is 0 Å². The van der Waals surface area contributed by atoms with Gasteiger partial charge >= 0.3 is 7.60 Å². The molecule has 0 bridgehead atoms. The van der Waals surface area contributed by atoms with Crippen molar-refractivity contribution in [3.63, 3.8) is 0 Å². The van der Waals surface area contributed by atoms with E-state index >= 15 is 0 Å². The second kappa shape index (κ2) is 26.8. The molecule has 12 aromatic carbocycles. The molecule has 2 atom stereocenters. The molecule has 15 nitrogen and oxygen atoms in total. The summed E-state index contributed by atoms with van der Waals surface area (Å²) in [7, 11) is -12.0. The Morgan fingerprint density at radius 1 is 0.417 bits per heavy atom. The minimum atomic E-state index is -5.09. The van der Waals surface area contributed by atoms with E-state index in [1.165, 1.54) is 21.3 Å². The average molecular weight is 1330 g/mol. The molecule has 2 unspecified atom stereocenters. The summed E-state index contributed by atoms with van der Waals surface area (Å²) in [4.78, 5) is 95.3. The third-order valence-electron chi connectivity index (χ3n) is 18.5. The van der Waals surface area contributed by atoms with Gasteiger partial charge in [0.05, 0.1) is 23.2 Å². The highest BCUT2D eigenvalue weighted by atomic mass is 32.2. The molecule has 0 saturated carbocycles. The quantitative estimate of drug-likeness (QED) is 0.0687. The highest BCUT2D eigenvalue weighted by Crippen LogP contribution is 2.57. The Hall–Kier alpha value is -9.76. The second-order valence-electron chi connectivity index (χ2n) is 25.0. The number of piperidine rings is 1. The largest absolute Gasteiger partial charge is 0.349 e. The van der Waals surface area contributed by atoms with E-state index < -0.39 is 47.8 Å². The predicted molar refractivity (Wildman–Crippen MR) is 380 cm³/mol. The smallest absolute Gasteiger partial charge is 0.340 e. The molecule has 0 aromatic heterocycles. The van der Waals surface area contributed by atoms with E-state index in [0.29, 0.717) is 64.2 Å². The number of carbonyl (C=O) groups excluding carboxylic acids is 5. The Labute approximate surface area is 555 Å². The fourth-order valence-electron chi connectivity index (χ4n) is 13.5. The minimum Gasteiger partial charge on any atom is -0.349 e. The third kappa shape index (κ3) is 13.2. The molecule has 12 aromatic rings. The van der Waals surface area contributed by atoms with Crippen molar-refractivity contribution < 1.29 is 51.3 Å². The first-order valence-electron chi connectivity index (χ1n) is 31.8. The Morgan fingerprint density at radius 3 is 1.26 bits per heavy atom. The highest BCUT2D eigenvalue weighted by molar-refractivity contribution is 7.89. The molecule has 3 amide bonds. The van der Waals surface area contributed by atoms with Crippen LogP contribution in [0.1, 0.15) is 87.1 Å². The van der Waals surface area contributed by atoms with Crippen molar-refractivity contribution in [1.82, 2.24) is 19.4 Å². The summed E-state index contributed by atoms with van der Waals surface area (Å²) in [5, 5.41) is 13.1. The molecule has 0 spiro atoms. The number of fused-ring (bicyclic) bond motifs is 6. The lowest BCUT2D eigenvalue weighted by Gasteiger charge is -2.34. The van der Waals surface area contributed by atoms with Gasteiger partial charge in [-0.2, -0.15) is 4.31 Å². The van der Waals surface area contributed by atoms with Gasteiger partial charge < -0.3 is 29.5 Å². The molecule has 2 aliphatic heterocycles. The number of sulfonamides is 1. The number of nitrogens with zero attached hydrogens (tertiary/aromatic N) is 3. The first-order chi connectivity index (χ1) is 46.2. The zero-order valence-corrected chi connectivity index (χ0v) is 55.3. The van der Waals surface area contributed by atoms with Gasteiger partial charge in [-0.15, -0.1) is 0 Å². The summed E-state index contributed by atoms with van der Waals surface area (Å²) in [6.45, 7) is 4.39. The molecule has 0 aliphatic carbocycles. The number of hydrogen-bond donors (Lipinski definition) is 3. The van der Waals surface area contributed by atoms with E-state index in [-0.39, 0.29) is 77.0 Å². The van der Waals surface area contributed by atoms with E-state index in [2.05, 4.69) is 5.32 Å². The number of amides is 3. The van der Waals surface area contributed by atoms with Gasteiger partial charge in [0.2, 0.25) is 10.0 Å². The van der Waals surface area contributed by atoms with Gasteiger partial charge in [-0.1, -0.05) is 194 Å². The maximum absolute atomic E-state index is 14.7. The number of rotatable bonds is 14. The van der Waals surface area contributed by atoms with Crippen LogP contribution >= 0.6 is 14.7 Å². The monoisotopic (exact) mass is 1330 g/mol. The van der Waals surface area contributed by atoms with E-state index in [1.807, 2.05) is 133 Å². The Balaban J connectivity index is 0.000000174. The fourth-order valence-corrected chi connectivity index (χ4v) is 17.6. The lowest BCUT2D eigenvalue weighted by atomic mass is 9.91. The van der Waals surface area contributed by atoms with Crippen molar-refractivity contribution in [2.75, 3.05) is 52.6 Å². The third-order valence-corrected chi connectivity index (χ3v) is 23.3. The summed E-state index contributed by atoms with van der Waals surface area (Å²) in [6.07, 6.45) is 1.19. The lowest BCUT2D eigenvalue weighted by molar-refractivity contribution is 0.0687. The predicted octanol–water partition coefficient (Wildman–Crippen LogP) is 15.1. The molecule has 2 heterocycles. The topological polar surface area (TPSA) is 216 Å². The Bertz CT molecular complexity index is 5310. The van der Waals surface area contributed by atoms with Crippen LogP contribution in [0, 0.1) is 0 Å². The zero-order chi connectivity index (χ0) is 67.0. The number of carbonyl (C=O) groups is 5. The van der Waals surface area contributed by atoms with Crippen LogP contribution in [0.2, 0.25) is 0 Å². The van der Waals surface area contributed by atoms with Crippen molar-refractivity contribution >= 4 is 119 Å². The van der Waals surface area contributed by atoms with Gasteiger partial charge in [-0.25, -0.2) is 8.42 Å². The van der Waals surface area contributed by atoms with Crippen LogP contribution in [-0.2, 0) is 19.2 Å². The molecule has 2 fully saturated rings. The number of likely N-dealkylation sites (tertiary alicyclic amines) is 1. The maximum atomic E-state index is 14.7. The average Bonchev–Trinajstić information content (AvgIpc) is 0.772. The number of hydrogen-bond acceptors (Lipinski definition) is 9. The molecule has 14 rings (SSSR count). The van der Waals surface area contributed by atoms with Crippen LogP contribution in [0.25, 0.3) is 64.6 Å². The summed E-state index contributed by atoms with van der Waals surface area (Å²) >= 11 is 0.